The van der Waals surface area contributed by atoms with E-state index in [1.807, 2.05) is 24.3 Å². The summed E-state index contributed by atoms with van der Waals surface area (Å²) in [6, 6.07) is 7.46. The number of carbonyl (C=O) groups excluding carboxylic acids is 1. The van der Waals surface area contributed by atoms with Crippen LogP contribution >= 0.6 is 27.7 Å². The molecule has 0 saturated heterocycles. The zero-order valence-corrected chi connectivity index (χ0v) is 9.88. The van der Waals surface area contributed by atoms with Gasteiger partial charge in [0, 0.05) is 10.0 Å². The van der Waals surface area contributed by atoms with Crippen molar-refractivity contribution in [1.29, 1.82) is 0 Å². The lowest BCUT2D eigenvalue weighted by Gasteiger charge is -1.98. The fraction of sp³-hybridized carbons (Fsp3) is 0. The van der Waals surface area contributed by atoms with Gasteiger partial charge in [-0.05, 0) is 12.1 Å². The van der Waals surface area contributed by atoms with Gasteiger partial charge in [-0.15, -0.1) is 0 Å². The molecule has 76 valence electrons. The molecule has 0 aliphatic rings. The predicted molar refractivity (Wildman–Crippen MR) is 61.6 cm³/mol. The van der Waals surface area contributed by atoms with Crippen LogP contribution in [0.3, 0.4) is 0 Å². The largest absolute Gasteiger partial charge is 0.364 e. The second-order valence-corrected chi connectivity index (χ2v) is 4.28. The maximum atomic E-state index is 11.0. The quantitative estimate of drug-likeness (QED) is 0.917. The second kappa shape index (κ2) is 4.08. The van der Waals surface area contributed by atoms with Crippen LogP contribution in [0.15, 0.2) is 28.7 Å². The van der Waals surface area contributed by atoms with Crippen LogP contribution in [0.4, 0.5) is 0 Å². The van der Waals surface area contributed by atoms with Gasteiger partial charge in [0.1, 0.15) is 5.69 Å². The van der Waals surface area contributed by atoms with Crippen LogP contribution in [0.1, 0.15) is 10.5 Å². The molecule has 2 rings (SSSR count). The molecule has 2 aromatic rings. The molecule has 0 unspecified atom stereocenters. The Morgan fingerprint density at radius 2 is 1.93 bits per heavy atom. The van der Waals surface area contributed by atoms with E-state index in [1.165, 1.54) is 0 Å². The number of halogens is 1. The van der Waals surface area contributed by atoms with Gasteiger partial charge in [0.2, 0.25) is 0 Å². The Balaban J connectivity index is 2.49. The van der Waals surface area contributed by atoms with Crippen LogP contribution in [0.5, 0.6) is 0 Å². The molecule has 0 radical (unpaired) electrons. The van der Waals surface area contributed by atoms with E-state index in [0.717, 1.165) is 21.8 Å². The van der Waals surface area contributed by atoms with Gasteiger partial charge in [0.05, 0.1) is 11.7 Å². The number of aromatic nitrogens is 2. The highest BCUT2D eigenvalue weighted by atomic mass is 79.9. The number of hydrogen-bond acceptors (Lipinski definition) is 4. The van der Waals surface area contributed by atoms with Crippen LogP contribution in [-0.2, 0) is 0 Å². The molecule has 1 aromatic carbocycles. The van der Waals surface area contributed by atoms with Gasteiger partial charge in [-0.2, -0.15) is 8.75 Å². The third-order valence-electron chi connectivity index (χ3n) is 1.84. The standard InChI is InChI=1S/C9H6BrN3OS/c10-6-3-1-5(2-4-6)7-8(9(11)14)13-15-12-7/h1-4H,(H2,11,14). The number of amides is 1. The monoisotopic (exact) mass is 283 g/mol. The molecule has 1 amide bonds. The molecule has 0 spiro atoms. The van der Waals surface area contributed by atoms with Crippen molar-refractivity contribution in [2.45, 2.75) is 0 Å². The summed E-state index contributed by atoms with van der Waals surface area (Å²) in [6.07, 6.45) is 0. The summed E-state index contributed by atoms with van der Waals surface area (Å²) in [6.45, 7) is 0. The summed E-state index contributed by atoms with van der Waals surface area (Å²) in [5.74, 6) is -0.554. The van der Waals surface area contributed by atoms with Crippen LogP contribution < -0.4 is 5.73 Å². The van der Waals surface area contributed by atoms with Crippen LogP contribution in [0.2, 0.25) is 0 Å². The van der Waals surface area contributed by atoms with E-state index < -0.39 is 5.91 Å². The molecule has 0 aliphatic carbocycles. The maximum absolute atomic E-state index is 11.0. The van der Waals surface area contributed by atoms with Gasteiger partial charge >= 0.3 is 0 Å². The molecule has 1 heterocycles. The SMILES string of the molecule is NC(=O)c1nsnc1-c1ccc(Br)cc1. The van der Waals surface area contributed by atoms with Gasteiger partial charge in [0.25, 0.3) is 5.91 Å². The molecule has 2 N–H and O–H groups in total. The number of nitrogens with zero attached hydrogens (tertiary/aromatic N) is 2. The molecule has 0 fully saturated rings. The lowest BCUT2D eigenvalue weighted by atomic mass is 10.1. The summed E-state index contributed by atoms with van der Waals surface area (Å²) >= 11 is 4.31. The first-order chi connectivity index (χ1) is 7.18. The molecule has 15 heavy (non-hydrogen) atoms. The molecule has 0 saturated carbocycles. The Hall–Kier alpha value is -1.27. The maximum Gasteiger partial charge on any atom is 0.270 e. The van der Waals surface area contributed by atoms with Gasteiger partial charge in [-0.3, -0.25) is 4.79 Å². The van der Waals surface area contributed by atoms with Crippen molar-refractivity contribution in [3.05, 3.63) is 34.4 Å². The van der Waals surface area contributed by atoms with E-state index in [2.05, 4.69) is 24.7 Å². The fourth-order valence-electron chi connectivity index (χ4n) is 1.15. The summed E-state index contributed by atoms with van der Waals surface area (Å²) in [4.78, 5) is 11.0. The highest BCUT2D eigenvalue weighted by Gasteiger charge is 2.14. The van der Waals surface area contributed by atoms with Crippen LogP contribution in [-0.4, -0.2) is 14.7 Å². The minimum absolute atomic E-state index is 0.224. The smallest absolute Gasteiger partial charge is 0.270 e. The molecule has 0 atom stereocenters. The highest BCUT2D eigenvalue weighted by molar-refractivity contribution is 9.10. The number of hydrogen-bond donors (Lipinski definition) is 1. The Kier molecular flexibility index (Phi) is 2.79. The first-order valence-corrected chi connectivity index (χ1v) is 5.59. The minimum atomic E-state index is -0.554. The summed E-state index contributed by atoms with van der Waals surface area (Å²) in [5.41, 5.74) is 6.78. The normalized spacial score (nSPS) is 10.2. The molecule has 6 heteroatoms. The Morgan fingerprint density at radius 3 is 2.53 bits per heavy atom. The van der Waals surface area contributed by atoms with E-state index in [1.54, 1.807) is 0 Å². The van der Waals surface area contributed by atoms with Crippen molar-refractivity contribution in [2.75, 3.05) is 0 Å². The van der Waals surface area contributed by atoms with Crippen molar-refractivity contribution >= 4 is 33.6 Å². The van der Waals surface area contributed by atoms with Crippen LogP contribution in [0, 0.1) is 0 Å². The van der Waals surface area contributed by atoms with E-state index in [-0.39, 0.29) is 5.69 Å². The van der Waals surface area contributed by atoms with E-state index in [0.29, 0.717) is 5.69 Å². The predicted octanol–water partition coefficient (Wildman–Crippen LogP) is 2.07. The number of benzene rings is 1. The average Bonchev–Trinajstić information content (AvgIpc) is 2.67. The van der Waals surface area contributed by atoms with Crippen LogP contribution in [0.25, 0.3) is 11.3 Å². The third kappa shape index (κ3) is 2.05. The van der Waals surface area contributed by atoms with Crippen molar-refractivity contribution in [1.82, 2.24) is 8.75 Å². The number of primary amides is 1. The Labute approximate surface area is 98.6 Å². The van der Waals surface area contributed by atoms with Gasteiger partial charge in [-0.1, -0.05) is 28.1 Å². The van der Waals surface area contributed by atoms with Crippen molar-refractivity contribution < 1.29 is 4.79 Å². The zero-order valence-electron chi connectivity index (χ0n) is 7.48. The summed E-state index contributed by atoms with van der Waals surface area (Å²) in [5, 5.41) is 0. The Bertz CT molecular complexity index is 494. The number of nitrogens with two attached hydrogens (primary N) is 1. The highest BCUT2D eigenvalue weighted by Crippen LogP contribution is 2.23. The number of carbonyl (C=O) groups is 1. The molecular weight excluding hydrogens is 278 g/mol. The lowest BCUT2D eigenvalue weighted by molar-refractivity contribution is 0.0997. The van der Waals surface area contributed by atoms with Crippen molar-refractivity contribution in [3.63, 3.8) is 0 Å². The van der Waals surface area contributed by atoms with Crippen molar-refractivity contribution in [2.24, 2.45) is 5.73 Å². The lowest BCUT2D eigenvalue weighted by Crippen LogP contribution is -2.12. The zero-order chi connectivity index (χ0) is 10.8. The second-order valence-electron chi connectivity index (χ2n) is 2.83. The minimum Gasteiger partial charge on any atom is -0.364 e. The van der Waals surface area contributed by atoms with E-state index in [9.17, 15) is 4.79 Å². The molecule has 1 aromatic heterocycles. The third-order valence-corrected chi connectivity index (χ3v) is 2.90. The first-order valence-electron chi connectivity index (χ1n) is 4.07. The summed E-state index contributed by atoms with van der Waals surface area (Å²) < 4.78 is 8.88. The number of rotatable bonds is 2. The van der Waals surface area contributed by atoms with E-state index >= 15 is 0 Å². The first kappa shape index (κ1) is 10.3. The molecule has 0 aliphatic heterocycles. The average molecular weight is 284 g/mol. The fourth-order valence-corrected chi connectivity index (χ4v) is 1.98. The molecular formula is C9H6BrN3OS. The van der Waals surface area contributed by atoms with E-state index in [4.69, 9.17) is 5.73 Å². The van der Waals surface area contributed by atoms with Gasteiger partial charge in [0.15, 0.2) is 5.69 Å². The Morgan fingerprint density at radius 1 is 1.27 bits per heavy atom. The molecule has 0 bridgehead atoms. The topological polar surface area (TPSA) is 68.9 Å². The summed E-state index contributed by atoms with van der Waals surface area (Å²) in [7, 11) is 0. The molecule has 4 nitrogen and oxygen atoms in total. The van der Waals surface area contributed by atoms with Gasteiger partial charge in [-0.25, -0.2) is 0 Å². The van der Waals surface area contributed by atoms with Crippen molar-refractivity contribution in [3.8, 4) is 11.3 Å². The van der Waals surface area contributed by atoms with Gasteiger partial charge < -0.3 is 5.73 Å².